The Morgan fingerprint density at radius 1 is 1.69 bits per heavy atom. The van der Waals surface area contributed by atoms with Gasteiger partial charge in [-0.3, -0.25) is 4.79 Å². The lowest BCUT2D eigenvalue weighted by atomic mass is 9.55. The first-order chi connectivity index (χ1) is 7.49. The molecule has 3 atom stereocenters. The van der Waals surface area contributed by atoms with Gasteiger partial charge in [0.05, 0.1) is 11.8 Å². The van der Waals surface area contributed by atoms with Crippen LogP contribution in [-0.2, 0) is 4.79 Å². The van der Waals surface area contributed by atoms with Gasteiger partial charge in [-0.25, -0.2) is 0 Å². The molecule has 1 fully saturated rings. The van der Waals surface area contributed by atoms with Crippen LogP contribution in [0.4, 0.5) is 0 Å². The lowest BCUT2D eigenvalue weighted by molar-refractivity contribution is -0.132. The van der Waals surface area contributed by atoms with E-state index in [-0.39, 0.29) is 17.1 Å². The van der Waals surface area contributed by atoms with Crippen molar-refractivity contribution in [3.05, 3.63) is 30.3 Å². The predicted octanol–water partition coefficient (Wildman–Crippen LogP) is 2.40. The van der Waals surface area contributed by atoms with Gasteiger partial charge in [-0.15, -0.1) is 6.58 Å². The minimum Gasteiger partial charge on any atom is -0.361 e. The molecule has 0 aliphatic heterocycles. The van der Waals surface area contributed by atoms with Crippen molar-refractivity contribution in [1.29, 1.82) is 0 Å². The largest absolute Gasteiger partial charge is 0.361 e. The number of carbonyl (C=O) groups excluding carboxylic acids is 1. The van der Waals surface area contributed by atoms with Crippen molar-refractivity contribution in [1.82, 2.24) is 0 Å². The maximum absolute atomic E-state index is 12.3. The van der Waals surface area contributed by atoms with E-state index >= 15 is 0 Å². The number of ketones is 1. The van der Waals surface area contributed by atoms with Gasteiger partial charge in [0, 0.05) is 0 Å². The van der Waals surface area contributed by atoms with Crippen molar-refractivity contribution < 1.29 is 9.58 Å². The third-order valence-electron chi connectivity index (χ3n) is 4.50. The lowest BCUT2D eigenvalue weighted by Gasteiger charge is -2.44. The van der Waals surface area contributed by atoms with Crippen LogP contribution in [-0.4, -0.2) is 16.3 Å². The van der Waals surface area contributed by atoms with Crippen LogP contribution in [0.5, 0.6) is 0 Å². The quantitative estimate of drug-likeness (QED) is 0.397. The molecule has 0 heterocycles. The minimum atomic E-state index is -0.550. The Morgan fingerprint density at radius 3 is 2.94 bits per heavy atom. The van der Waals surface area contributed by atoms with Crippen LogP contribution in [0.3, 0.4) is 0 Å². The molecule has 1 saturated carbocycles. The first-order valence-corrected chi connectivity index (χ1v) is 5.55. The van der Waals surface area contributed by atoms with Gasteiger partial charge in [0.25, 0.3) is 0 Å². The molecule has 0 aromatic rings. The van der Waals surface area contributed by atoms with E-state index in [2.05, 4.69) is 24.4 Å². The number of carbonyl (C=O) groups is 1. The molecule has 2 rings (SSSR count). The molecule has 16 heavy (non-hydrogen) atoms. The number of allylic oxidation sites excluding steroid dienone is 3. The number of rotatable bonds is 2. The molecule has 0 aromatic heterocycles. The summed E-state index contributed by atoms with van der Waals surface area (Å²) in [4.78, 5) is 15.4. The Labute approximate surface area is 95.5 Å². The zero-order valence-electron chi connectivity index (χ0n) is 9.73. The smallest absolute Gasteiger partial charge is 0.335 e. The van der Waals surface area contributed by atoms with Crippen LogP contribution < -0.4 is 0 Å². The first-order valence-electron chi connectivity index (χ1n) is 5.55. The van der Waals surface area contributed by atoms with Crippen LogP contribution in [0.15, 0.2) is 24.8 Å². The molecule has 0 N–H and O–H groups in total. The van der Waals surface area contributed by atoms with E-state index in [4.69, 9.17) is 5.53 Å². The molecule has 0 saturated heterocycles. The fraction of sp³-hybridized carbons (Fsp3) is 0.538. The second-order valence-electron chi connectivity index (χ2n) is 5.16. The summed E-state index contributed by atoms with van der Waals surface area (Å²) in [7, 11) is 0. The highest BCUT2D eigenvalue weighted by Gasteiger charge is 2.61. The van der Waals surface area contributed by atoms with E-state index in [1.54, 1.807) is 0 Å². The van der Waals surface area contributed by atoms with Crippen LogP contribution in [0.1, 0.15) is 26.7 Å². The molecular formula is C13H16N2O. The molecule has 0 spiro atoms. The minimum absolute atomic E-state index is 0.0515. The number of fused-ring (bicyclic) bond motifs is 2. The zero-order chi connectivity index (χ0) is 12.0. The van der Waals surface area contributed by atoms with Crippen LogP contribution in [0.2, 0.25) is 0 Å². The molecule has 2 bridgehead atoms. The van der Waals surface area contributed by atoms with Gasteiger partial charge < -0.3 is 5.53 Å². The summed E-state index contributed by atoms with van der Waals surface area (Å²) in [6.07, 6.45) is 7.26. The molecule has 2 aliphatic carbocycles. The third-order valence-corrected chi connectivity index (χ3v) is 4.50. The molecule has 0 radical (unpaired) electrons. The Kier molecular flexibility index (Phi) is 2.25. The Balaban J connectivity index is 2.54. The Hall–Kier alpha value is -1.47. The van der Waals surface area contributed by atoms with E-state index in [9.17, 15) is 4.79 Å². The van der Waals surface area contributed by atoms with E-state index in [0.29, 0.717) is 12.1 Å². The molecule has 3 heteroatoms. The average molecular weight is 216 g/mol. The summed E-state index contributed by atoms with van der Waals surface area (Å²) < 4.78 is 0. The van der Waals surface area contributed by atoms with E-state index in [1.165, 1.54) is 0 Å². The van der Waals surface area contributed by atoms with Gasteiger partial charge in [-0.1, -0.05) is 25.2 Å². The SMILES string of the molecule is C=CCC1(C)C2C=CC1(C)C(=O)C(=[N+]=[N-])C2. The van der Waals surface area contributed by atoms with Crippen molar-refractivity contribution >= 4 is 11.5 Å². The third kappa shape index (κ3) is 1.07. The summed E-state index contributed by atoms with van der Waals surface area (Å²) in [6.45, 7) is 7.82. The average Bonchev–Trinajstić information content (AvgIpc) is 2.42. The molecular weight excluding hydrogens is 200 g/mol. The van der Waals surface area contributed by atoms with Crippen molar-refractivity contribution in [2.24, 2.45) is 16.7 Å². The predicted molar refractivity (Wildman–Crippen MR) is 61.9 cm³/mol. The molecule has 0 aromatic carbocycles. The summed E-state index contributed by atoms with van der Waals surface area (Å²) in [5, 5.41) is 0. The van der Waals surface area contributed by atoms with Crippen molar-refractivity contribution in [2.45, 2.75) is 26.7 Å². The second kappa shape index (κ2) is 3.26. The fourth-order valence-electron chi connectivity index (χ4n) is 3.08. The lowest BCUT2D eigenvalue weighted by Crippen LogP contribution is -2.51. The van der Waals surface area contributed by atoms with Crippen LogP contribution in [0.25, 0.3) is 5.53 Å². The van der Waals surface area contributed by atoms with Gasteiger partial charge >= 0.3 is 5.71 Å². The number of Topliss-reactive ketones (excluding diaryl/α,β-unsaturated/α-hetero) is 1. The van der Waals surface area contributed by atoms with E-state index < -0.39 is 5.41 Å². The maximum atomic E-state index is 12.3. The summed E-state index contributed by atoms with van der Waals surface area (Å²) in [6, 6.07) is 0. The fourth-order valence-corrected chi connectivity index (χ4v) is 3.08. The molecule has 3 nitrogen and oxygen atoms in total. The van der Waals surface area contributed by atoms with E-state index in [0.717, 1.165) is 6.42 Å². The monoisotopic (exact) mass is 216 g/mol. The Bertz CT molecular complexity index is 445. The highest BCUT2D eigenvalue weighted by atomic mass is 16.1. The van der Waals surface area contributed by atoms with Gasteiger partial charge in [0.1, 0.15) is 0 Å². The molecule has 0 amide bonds. The van der Waals surface area contributed by atoms with Crippen molar-refractivity contribution in [3.63, 3.8) is 0 Å². The zero-order valence-corrected chi connectivity index (χ0v) is 9.73. The van der Waals surface area contributed by atoms with Gasteiger partial charge in [-0.2, -0.15) is 4.79 Å². The summed E-state index contributed by atoms with van der Waals surface area (Å²) in [5.41, 5.74) is 8.49. The highest BCUT2D eigenvalue weighted by molar-refractivity contribution is 6.41. The van der Waals surface area contributed by atoms with Crippen LogP contribution in [0, 0.1) is 16.7 Å². The molecule has 3 unspecified atom stereocenters. The highest BCUT2D eigenvalue weighted by Crippen LogP contribution is 2.58. The topological polar surface area (TPSA) is 53.5 Å². The van der Waals surface area contributed by atoms with Gasteiger partial charge in [-0.05, 0) is 24.7 Å². The number of nitrogens with zero attached hydrogens (tertiary/aromatic N) is 2. The molecule has 2 aliphatic rings. The first kappa shape index (κ1) is 11.0. The van der Waals surface area contributed by atoms with E-state index in [1.807, 2.05) is 19.1 Å². The van der Waals surface area contributed by atoms with Gasteiger partial charge in [0.2, 0.25) is 5.78 Å². The van der Waals surface area contributed by atoms with Gasteiger partial charge in [0.15, 0.2) is 0 Å². The maximum Gasteiger partial charge on any atom is 0.335 e. The summed E-state index contributed by atoms with van der Waals surface area (Å²) >= 11 is 0. The molecule has 84 valence electrons. The number of hydrogen-bond acceptors (Lipinski definition) is 1. The van der Waals surface area contributed by atoms with Crippen molar-refractivity contribution in [3.8, 4) is 0 Å². The number of hydrogen-bond donors (Lipinski definition) is 0. The normalized spacial score (nSPS) is 41.0. The summed E-state index contributed by atoms with van der Waals surface area (Å²) in [5.74, 6) is 0.212. The Morgan fingerprint density at radius 2 is 2.38 bits per heavy atom. The standard InChI is InChI=1S/C13H16N2O/c1-4-6-12(2)9-5-7-13(12,3)11(16)10(8-9)15-14/h4-5,7,9H,1,6,8H2,2-3H3. The van der Waals surface area contributed by atoms with Crippen molar-refractivity contribution in [2.75, 3.05) is 0 Å². The van der Waals surface area contributed by atoms with Crippen LogP contribution >= 0.6 is 0 Å². The second-order valence-corrected chi connectivity index (χ2v) is 5.16.